The summed E-state index contributed by atoms with van der Waals surface area (Å²) in [6, 6.07) is 11.8. The lowest BCUT2D eigenvalue weighted by atomic mass is 10.1. The number of benzene rings is 1. The van der Waals surface area contributed by atoms with Crippen LogP contribution in [0.15, 0.2) is 42.6 Å². The van der Waals surface area contributed by atoms with E-state index >= 15 is 0 Å². The van der Waals surface area contributed by atoms with Gasteiger partial charge in [0.2, 0.25) is 0 Å². The molecule has 0 aliphatic heterocycles. The topological polar surface area (TPSA) is 68.1 Å². The summed E-state index contributed by atoms with van der Waals surface area (Å²) in [7, 11) is 0. The minimum absolute atomic E-state index is 0.0496. The van der Waals surface area contributed by atoms with Crippen molar-refractivity contribution in [3.63, 3.8) is 0 Å². The fourth-order valence-corrected chi connectivity index (χ4v) is 1.82. The molecule has 1 heterocycles. The summed E-state index contributed by atoms with van der Waals surface area (Å²) < 4.78 is 0. The van der Waals surface area contributed by atoms with Gasteiger partial charge in [-0.2, -0.15) is 0 Å². The van der Waals surface area contributed by atoms with Crippen molar-refractivity contribution in [1.82, 2.24) is 4.98 Å². The van der Waals surface area contributed by atoms with Gasteiger partial charge in [-0.05, 0) is 25.0 Å². The van der Waals surface area contributed by atoms with Crippen LogP contribution in [0, 0.1) is 17.0 Å². The van der Waals surface area contributed by atoms with Gasteiger partial charge in [0.25, 0.3) is 5.69 Å². The van der Waals surface area contributed by atoms with Gasteiger partial charge in [-0.15, -0.1) is 0 Å². The Labute approximate surface area is 111 Å². The zero-order valence-corrected chi connectivity index (χ0v) is 10.7. The number of aromatic nitrogens is 1. The van der Waals surface area contributed by atoms with E-state index in [1.165, 1.54) is 11.8 Å². The minimum atomic E-state index is -0.421. The number of anilines is 1. The van der Waals surface area contributed by atoms with Crippen LogP contribution < -0.4 is 5.32 Å². The molecule has 1 aromatic carbocycles. The zero-order valence-electron chi connectivity index (χ0n) is 10.7. The van der Waals surface area contributed by atoms with Gasteiger partial charge in [-0.3, -0.25) is 10.1 Å². The highest BCUT2D eigenvalue weighted by molar-refractivity contribution is 5.46. The largest absolute Gasteiger partial charge is 0.370 e. The van der Waals surface area contributed by atoms with Crippen molar-refractivity contribution >= 4 is 11.5 Å². The van der Waals surface area contributed by atoms with E-state index in [1.807, 2.05) is 18.2 Å². The fourth-order valence-electron chi connectivity index (χ4n) is 1.82. The van der Waals surface area contributed by atoms with Crippen molar-refractivity contribution in [3.05, 3.63) is 63.8 Å². The number of rotatable bonds is 5. The first-order valence-electron chi connectivity index (χ1n) is 6.05. The van der Waals surface area contributed by atoms with E-state index in [-0.39, 0.29) is 5.69 Å². The van der Waals surface area contributed by atoms with Gasteiger partial charge in [0.1, 0.15) is 12.0 Å². The molecule has 5 nitrogen and oxygen atoms in total. The Morgan fingerprint density at radius 2 is 2.05 bits per heavy atom. The molecular weight excluding hydrogens is 242 g/mol. The third-order valence-corrected chi connectivity index (χ3v) is 2.84. The summed E-state index contributed by atoms with van der Waals surface area (Å²) >= 11 is 0. The van der Waals surface area contributed by atoms with Crippen LogP contribution in [0.25, 0.3) is 0 Å². The normalized spacial score (nSPS) is 10.2. The quantitative estimate of drug-likeness (QED) is 0.660. The lowest BCUT2D eigenvalue weighted by molar-refractivity contribution is -0.385. The van der Waals surface area contributed by atoms with Crippen LogP contribution in [0.4, 0.5) is 11.5 Å². The highest BCUT2D eigenvalue weighted by Gasteiger charge is 2.10. The number of aryl methyl sites for hydroxylation is 1. The third kappa shape index (κ3) is 3.51. The Bertz CT molecular complexity index is 570. The molecule has 0 fully saturated rings. The highest BCUT2D eigenvalue weighted by Crippen LogP contribution is 2.18. The van der Waals surface area contributed by atoms with E-state index in [2.05, 4.69) is 22.4 Å². The van der Waals surface area contributed by atoms with Crippen LogP contribution >= 0.6 is 0 Å². The van der Waals surface area contributed by atoms with Crippen LogP contribution in [-0.4, -0.2) is 16.5 Å². The molecule has 98 valence electrons. The first-order valence-corrected chi connectivity index (χ1v) is 6.05. The fraction of sp³-hybridized carbons (Fsp3) is 0.214. The molecule has 0 bridgehead atoms. The molecule has 0 radical (unpaired) electrons. The second kappa shape index (κ2) is 5.95. The van der Waals surface area contributed by atoms with E-state index < -0.39 is 4.92 Å². The van der Waals surface area contributed by atoms with Crippen LogP contribution in [-0.2, 0) is 6.42 Å². The molecule has 0 saturated carbocycles. The van der Waals surface area contributed by atoms with Crippen LogP contribution in [0.5, 0.6) is 0 Å². The van der Waals surface area contributed by atoms with Gasteiger partial charge >= 0.3 is 0 Å². The first kappa shape index (κ1) is 13.0. The average Bonchev–Trinajstić information content (AvgIpc) is 2.39. The van der Waals surface area contributed by atoms with E-state index in [1.54, 1.807) is 13.0 Å². The Morgan fingerprint density at radius 3 is 2.68 bits per heavy atom. The number of nitrogens with zero attached hydrogens (tertiary/aromatic N) is 2. The van der Waals surface area contributed by atoms with Crippen molar-refractivity contribution in [2.24, 2.45) is 0 Å². The molecule has 1 aromatic heterocycles. The van der Waals surface area contributed by atoms with Crippen LogP contribution in [0.2, 0.25) is 0 Å². The van der Waals surface area contributed by atoms with Gasteiger partial charge in [-0.25, -0.2) is 4.98 Å². The standard InChI is InChI=1S/C14H15N3O2/c1-11-9-14(16-10-13(11)17(18)19)15-8-7-12-5-3-2-4-6-12/h2-6,9-10H,7-8H2,1H3,(H,15,16). The second-order valence-electron chi connectivity index (χ2n) is 4.28. The summed E-state index contributed by atoms with van der Waals surface area (Å²) in [6.07, 6.45) is 2.18. The SMILES string of the molecule is Cc1cc(NCCc2ccccc2)ncc1[N+](=O)[O-]. The molecule has 0 spiro atoms. The van der Waals surface area contributed by atoms with Crippen molar-refractivity contribution in [2.45, 2.75) is 13.3 Å². The van der Waals surface area contributed by atoms with E-state index in [9.17, 15) is 10.1 Å². The van der Waals surface area contributed by atoms with Crippen molar-refractivity contribution in [2.75, 3.05) is 11.9 Å². The Balaban J connectivity index is 1.93. The summed E-state index contributed by atoms with van der Waals surface area (Å²) in [5.41, 5.74) is 1.91. The summed E-state index contributed by atoms with van der Waals surface area (Å²) in [5.74, 6) is 0.666. The number of pyridine rings is 1. The predicted molar refractivity (Wildman–Crippen MR) is 74.3 cm³/mol. The lowest BCUT2D eigenvalue weighted by Crippen LogP contribution is -2.07. The van der Waals surface area contributed by atoms with E-state index in [4.69, 9.17) is 0 Å². The molecule has 0 unspecified atom stereocenters. The van der Waals surface area contributed by atoms with Crippen LogP contribution in [0.1, 0.15) is 11.1 Å². The van der Waals surface area contributed by atoms with Gasteiger partial charge in [0, 0.05) is 12.1 Å². The third-order valence-electron chi connectivity index (χ3n) is 2.84. The number of nitro groups is 1. The Morgan fingerprint density at radius 1 is 1.32 bits per heavy atom. The van der Waals surface area contributed by atoms with Crippen molar-refractivity contribution < 1.29 is 4.92 Å². The summed E-state index contributed by atoms with van der Waals surface area (Å²) in [6.45, 7) is 2.45. The zero-order chi connectivity index (χ0) is 13.7. The molecule has 0 aliphatic carbocycles. The molecule has 19 heavy (non-hydrogen) atoms. The maximum absolute atomic E-state index is 10.7. The van der Waals surface area contributed by atoms with Crippen molar-refractivity contribution in [3.8, 4) is 0 Å². The monoisotopic (exact) mass is 257 g/mol. The first-order chi connectivity index (χ1) is 9.16. The molecule has 1 N–H and O–H groups in total. The summed E-state index contributed by atoms with van der Waals surface area (Å²) in [5, 5.41) is 13.8. The molecule has 0 aliphatic rings. The molecule has 2 aromatic rings. The van der Waals surface area contributed by atoms with E-state index in [0.717, 1.165) is 13.0 Å². The molecule has 0 amide bonds. The van der Waals surface area contributed by atoms with Crippen molar-refractivity contribution in [1.29, 1.82) is 0 Å². The number of hydrogen-bond donors (Lipinski definition) is 1. The van der Waals surface area contributed by atoms with Gasteiger partial charge in [-0.1, -0.05) is 30.3 Å². The highest BCUT2D eigenvalue weighted by atomic mass is 16.6. The molecule has 0 atom stereocenters. The van der Waals surface area contributed by atoms with Gasteiger partial charge in [0.15, 0.2) is 0 Å². The lowest BCUT2D eigenvalue weighted by Gasteiger charge is -2.06. The smallest absolute Gasteiger partial charge is 0.290 e. The Hall–Kier alpha value is -2.43. The predicted octanol–water partition coefficient (Wildman–Crippen LogP) is 2.95. The average molecular weight is 257 g/mol. The summed E-state index contributed by atoms with van der Waals surface area (Å²) in [4.78, 5) is 14.3. The Kier molecular flexibility index (Phi) is 4.07. The minimum Gasteiger partial charge on any atom is -0.370 e. The number of hydrogen-bond acceptors (Lipinski definition) is 4. The van der Waals surface area contributed by atoms with Gasteiger partial charge < -0.3 is 5.32 Å². The van der Waals surface area contributed by atoms with Gasteiger partial charge in [0.05, 0.1) is 4.92 Å². The molecule has 0 saturated heterocycles. The van der Waals surface area contributed by atoms with E-state index in [0.29, 0.717) is 11.4 Å². The number of nitrogens with one attached hydrogen (secondary N) is 1. The van der Waals surface area contributed by atoms with Crippen LogP contribution in [0.3, 0.4) is 0 Å². The molecule has 5 heteroatoms. The maximum atomic E-state index is 10.7. The second-order valence-corrected chi connectivity index (χ2v) is 4.28. The maximum Gasteiger partial charge on any atom is 0.290 e. The molecular formula is C14H15N3O2. The molecule has 2 rings (SSSR count).